The zero-order valence-corrected chi connectivity index (χ0v) is 16.9. The average molecular weight is 395 g/mol. The molecule has 1 fully saturated rings. The van der Waals surface area contributed by atoms with Crippen LogP contribution in [0.15, 0.2) is 29.1 Å². The van der Waals surface area contributed by atoms with E-state index in [9.17, 15) is 9.59 Å². The van der Waals surface area contributed by atoms with Gasteiger partial charge in [0.05, 0.1) is 28.6 Å². The van der Waals surface area contributed by atoms with Crippen LogP contribution in [0.4, 0.5) is 0 Å². The Bertz CT molecular complexity index is 1110. The number of hydrogen-bond donors (Lipinski definition) is 1. The number of hydrogen-bond acceptors (Lipinski definition) is 5. The van der Waals surface area contributed by atoms with Crippen LogP contribution >= 0.6 is 0 Å². The lowest BCUT2D eigenvalue weighted by Crippen LogP contribution is -2.37. The molecule has 1 N–H and O–H groups in total. The topological polar surface area (TPSA) is 91.0 Å². The van der Waals surface area contributed by atoms with E-state index in [0.29, 0.717) is 17.8 Å². The number of fused-ring (bicyclic) bond motifs is 1. The highest BCUT2D eigenvalue weighted by atomic mass is 16.5. The maximum Gasteiger partial charge on any atom is 0.295 e. The van der Waals surface area contributed by atoms with E-state index in [1.54, 1.807) is 4.68 Å². The zero-order valence-electron chi connectivity index (χ0n) is 16.9. The molecule has 0 spiro atoms. The number of aryl methyl sites for hydroxylation is 3. The Morgan fingerprint density at radius 3 is 2.66 bits per heavy atom. The van der Waals surface area contributed by atoms with Crippen LogP contribution < -0.4 is 10.9 Å². The number of carbonyl (C=O) groups is 1. The number of ether oxygens (including phenoxy) is 1. The molecule has 1 atom stereocenters. The molecule has 4 rings (SSSR count). The molecule has 1 aromatic carbocycles. The number of rotatable bonds is 5. The van der Waals surface area contributed by atoms with Gasteiger partial charge in [-0.25, -0.2) is 9.36 Å². The van der Waals surface area contributed by atoms with Crippen LogP contribution in [0.3, 0.4) is 0 Å². The Morgan fingerprint density at radius 2 is 1.97 bits per heavy atom. The van der Waals surface area contributed by atoms with Crippen LogP contribution in [-0.2, 0) is 16.1 Å². The maximum atomic E-state index is 12.9. The molecular formula is C21H25N5O3. The van der Waals surface area contributed by atoms with Crippen LogP contribution in [0.2, 0.25) is 0 Å². The summed E-state index contributed by atoms with van der Waals surface area (Å²) >= 11 is 0. The van der Waals surface area contributed by atoms with Crippen molar-refractivity contribution in [2.45, 2.75) is 46.3 Å². The van der Waals surface area contributed by atoms with Crippen LogP contribution in [0.5, 0.6) is 0 Å². The summed E-state index contributed by atoms with van der Waals surface area (Å²) in [4.78, 5) is 25.2. The van der Waals surface area contributed by atoms with Gasteiger partial charge in [-0.3, -0.25) is 9.59 Å². The molecule has 1 aliphatic rings. The van der Waals surface area contributed by atoms with Crippen molar-refractivity contribution in [2.24, 2.45) is 0 Å². The minimum atomic E-state index is -0.369. The maximum absolute atomic E-state index is 12.9. The smallest absolute Gasteiger partial charge is 0.295 e. The number of amides is 1. The molecule has 0 saturated carbocycles. The average Bonchev–Trinajstić information content (AvgIpc) is 3.33. The molecule has 29 heavy (non-hydrogen) atoms. The van der Waals surface area contributed by atoms with Gasteiger partial charge in [-0.2, -0.15) is 10.2 Å². The van der Waals surface area contributed by atoms with Crippen LogP contribution in [0.1, 0.15) is 29.8 Å². The number of benzene rings is 1. The van der Waals surface area contributed by atoms with Crippen molar-refractivity contribution in [2.75, 3.05) is 13.2 Å². The van der Waals surface area contributed by atoms with Crippen LogP contribution in [-0.4, -0.2) is 44.7 Å². The summed E-state index contributed by atoms with van der Waals surface area (Å²) in [6.07, 6.45) is 2.01. The van der Waals surface area contributed by atoms with Gasteiger partial charge in [0.15, 0.2) is 5.52 Å². The Balaban J connectivity index is 1.63. The summed E-state index contributed by atoms with van der Waals surface area (Å²) in [5, 5.41) is 12.5. The van der Waals surface area contributed by atoms with Gasteiger partial charge in [-0.05, 0) is 45.7 Å². The summed E-state index contributed by atoms with van der Waals surface area (Å²) in [5.74, 6) is -0.261. The third-order valence-corrected chi connectivity index (χ3v) is 5.31. The van der Waals surface area contributed by atoms with Gasteiger partial charge in [0.1, 0.15) is 6.54 Å². The summed E-state index contributed by atoms with van der Waals surface area (Å²) in [5.41, 5.74) is 3.50. The molecule has 152 valence electrons. The summed E-state index contributed by atoms with van der Waals surface area (Å²) in [7, 11) is 0. The van der Waals surface area contributed by atoms with Crippen molar-refractivity contribution < 1.29 is 9.53 Å². The standard InChI is InChI=1S/C21H25N5O3/c1-13-6-8-16(9-7-13)26-15(3)19-14(2)23-25(21(28)20(19)24-26)12-18(27)22-11-17-5-4-10-29-17/h6-9,17H,4-5,10-12H2,1-3H3,(H,22,27). The van der Waals surface area contributed by atoms with Crippen molar-refractivity contribution in [3.63, 3.8) is 0 Å². The number of carbonyl (C=O) groups excluding carboxylic acids is 1. The molecule has 2 aromatic heterocycles. The first-order valence-corrected chi connectivity index (χ1v) is 9.86. The molecule has 3 aromatic rings. The molecule has 1 amide bonds. The summed E-state index contributed by atoms with van der Waals surface area (Å²) < 4.78 is 8.45. The van der Waals surface area contributed by atoms with E-state index in [2.05, 4.69) is 15.5 Å². The molecule has 1 unspecified atom stereocenters. The predicted molar refractivity (Wildman–Crippen MR) is 109 cm³/mol. The summed E-state index contributed by atoms with van der Waals surface area (Å²) in [6, 6.07) is 7.94. The quantitative estimate of drug-likeness (QED) is 0.711. The molecule has 0 bridgehead atoms. The zero-order chi connectivity index (χ0) is 20.5. The Morgan fingerprint density at radius 1 is 1.21 bits per heavy atom. The van der Waals surface area contributed by atoms with Crippen molar-refractivity contribution in [3.8, 4) is 5.69 Å². The predicted octanol–water partition coefficient (Wildman–Crippen LogP) is 1.80. The molecule has 8 heteroatoms. The van der Waals surface area contributed by atoms with E-state index in [4.69, 9.17) is 4.74 Å². The van der Waals surface area contributed by atoms with E-state index >= 15 is 0 Å². The Hall–Kier alpha value is -3.00. The fourth-order valence-corrected chi connectivity index (χ4v) is 3.75. The van der Waals surface area contributed by atoms with E-state index in [0.717, 1.165) is 41.8 Å². The van der Waals surface area contributed by atoms with Crippen molar-refractivity contribution in [1.82, 2.24) is 24.9 Å². The third-order valence-electron chi connectivity index (χ3n) is 5.31. The highest BCUT2D eigenvalue weighted by Gasteiger charge is 2.20. The van der Waals surface area contributed by atoms with E-state index < -0.39 is 0 Å². The highest BCUT2D eigenvalue weighted by Crippen LogP contribution is 2.21. The van der Waals surface area contributed by atoms with Gasteiger partial charge in [0.25, 0.3) is 5.56 Å². The largest absolute Gasteiger partial charge is 0.376 e. The van der Waals surface area contributed by atoms with Gasteiger partial charge >= 0.3 is 0 Å². The van der Waals surface area contributed by atoms with Gasteiger partial charge in [0, 0.05) is 13.2 Å². The normalized spacial score (nSPS) is 16.4. The molecule has 3 heterocycles. The molecule has 0 aliphatic carbocycles. The van der Waals surface area contributed by atoms with Crippen molar-refractivity contribution in [1.29, 1.82) is 0 Å². The van der Waals surface area contributed by atoms with Gasteiger partial charge in [-0.1, -0.05) is 17.7 Å². The van der Waals surface area contributed by atoms with Crippen LogP contribution in [0.25, 0.3) is 16.6 Å². The lowest BCUT2D eigenvalue weighted by molar-refractivity contribution is -0.122. The summed E-state index contributed by atoms with van der Waals surface area (Å²) in [6.45, 7) is 6.82. The van der Waals surface area contributed by atoms with Crippen LogP contribution in [0, 0.1) is 20.8 Å². The first kappa shape index (κ1) is 19.3. The first-order valence-electron chi connectivity index (χ1n) is 9.86. The van der Waals surface area contributed by atoms with E-state index in [1.807, 2.05) is 45.0 Å². The lowest BCUT2D eigenvalue weighted by atomic mass is 10.2. The molecular weight excluding hydrogens is 370 g/mol. The van der Waals surface area contributed by atoms with E-state index in [-0.39, 0.29) is 24.1 Å². The first-order chi connectivity index (χ1) is 13.9. The monoisotopic (exact) mass is 395 g/mol. The highest BCUT2D eigenvalue weighted by molar-refractivity contribution is 5.83. The van der Waals surface area contributed by atoms with Gasteiger partial charge in [0.2, 0.25) is 5.91 Å². The Labute approximate surface area is 168 Å². The second-order valence-electron chi connectivity index (χ2n) is 7.54. The fraction of sp³-hybridized carbons (Fsp3) is 0.429. The Kier molecular flexibility index (Phi) is 5.19. The van der Waals surface area contributed by atoms with Crippen molar-refractivity contribution >= 4 is 16.8 Å². The number of aromatic nitrogens is 4. The number of nitrogens with one attached hydrogen (secondary N) is 1. The van der Waals surface area contributed by atoms with E-state index in [1.165, 1.54) is 4.68 Å². The SMILES string of the molecule is Cc1ccc(-n2nc3c(=O)n(CC(=O)NCC4CCCO4)nc(C)c3c2C)cc1. The second-order valence-corrected chi connectivity index (χ2v) is 7.54. The van der Waals surface area contributed by atoms with Gasteiger partial charge < -0.3 is 10.1 Å². The second kappa shape index (κ2) is 7.79. The van der Waals surface area contributed by atoms with Crippen molar-refractivity contribution in [3.05, 3.63) is 51.6 Å². The minimum absolute atomic E-state index is 0.0562. The molecule has 1 aliphatic heterocycles. The molecule has 0 radical (unpaired) electrons. The van der Waals surface area contributed by atoms with Gasteiger partial charge in [-0.15, -0.1) is 0 Å². The third kappa shape index (κ3) is 3.80. The molecule has 8 nitrogen and oxygen atoms in total. The fourth-order valence-electron chi connectivity index (χ4n) is 3.75. The lowest BCUT2D eigenvalue weighted by Gasteiger charge is -2.11. The molecule has 1 saturated heterocycles. The number of nitrogens with zero attached hydrogens (tertiary/aromatic N) is 4. The minimum Gasteiger partial charge on any atom is -0.376 e.